The Bertz CT molecular complexity index is 905. The zero-order valence-corrected chi connectivity index (χ0v) is 15.7. The molecule has 7 nitrogen and oxygen atoms in total. The van der Waals surface area contributed by atoms with Crippen LogP contribution in [0.2, 0.25) is 0 Å². The normalized spacial score (nSPS) is 19.9. The molecule has 1 atom stereocenters. The van der Waals surface area contributed by atoms with Gasteiger partial charge < -0.3 is 4.74 Å². The first-order valence-electron chi connectivity index (χ1n) is 8.47. The Labute approximate surface area is 152 Å². The molecule has 0 radical (unpaired) electrons. The molecule has 3 rings (SSSR count). The number of allylic oxidation sites excluding steroid dienone is 1. The molecule has 1 aromatic heterocycles. The van der Waals surface area contributed by atoms with Gasteiger partial charge in [0.2, 0.25) is 0 Å². The summed E-state index contributed by atoms with van der Waals surface area (Å²) < 4.78 is 6.94. The Kier molecular flexibility index (Phi) is 4.18. The Morgan fingerprint density at radius 2 is 1.85 bits per heavy atom. The van der Waals surface area contributed by atoms with Gasteiger partial charge >= 0.3 is 6.09 Å². The number of benzene rings is 1. The number of para-hydroxylation sites is 1. The lowest BCUT2D eigenvalue weighted by Gasteiger charge is -2.34. The van der Waals surface area contributed by atoms with Crippen molar-refractivity contribution in [3.8, 4) is 5.69 Å². The van der Waals surface area contributed by atoms with Crippen LogP contribution in [0.5, 0.6) is 0 Å². The lowest BCUT2D eigenvalue weighted by Crippen LogP contribution is -2.52. The van der Waals surface area contributed by atoms with Crippen LogP contribution in [0.3, 0.4) is 0 Å². The van der Waals surface area contributed by atoms with E-state index >= 15 is 0 Å². The Balaban J connectivity index is 2.02. The third-order valence-corrected chi connectivity index (χ3v) is 4.16. The molecule has 26 heavy (non-hydrogen) atoms. The molecule has 0 saturated heterocycles. The molecule has 1 amide bonds. The maximum absolute atomic E-state index is 13.0. The lowest BCUT2D eigenvalue weighted by molar-refractivity contribution is 0.0000493. The minimum absolute atomic E-state index is 0.222. The summed E-state index contributed by atoms with van der Waals surface area (Å²) >= 11 is 0. The second-order valence-electron chi connectivity index (χ2n) is 7.57. The fourth-order valence-electron chi connectivity index (χ4n) is 3.05. The summed E-state index contributed by atoms with van der Waals surface area (Å²) in [5.41, 5.74) is 3.10. The first kappa shape index (κ1) is 17.8. The quantitative estimate of drug-likeness (QED) is 0.867. The highest BCUT2D eigenvalue weighted by atomic mass is 16.6. The highest BCUT2D eigenvalue weighted by Gasteiger charge is 2.44. The first-order valence-corrected chi connectivity index (χ1v) is 8.47. The number of amides is 1. The Morgan fingerprint density at radius 3 is 2.46 bits per heavy atom. The molecule has 0 bridgehead atoms. The van der Waals surface area contributed by atoms with E-state index in [4.69, 9.17) is 4.74 Å². The summed E-state index contributed by atoms with van der Waals surface area (Å²) in [4.78, 5) is 25.7. The SMILES string of the molecule is CC1=CC(C)(c2c[nH]n(-c3ccccc3)c2=O)N(C(=O)OC(C)(C)C)N1. The molecule has 1 aromatic carbocycles. The maximum atomic E-state index is 13.0. The van der Waals surface area contributed by atoms with Gasteiger partial charge in [-0.2, -0.15) is 0 Å². The number of nitrogens with one attached hydrogen (secondary N) is 2. The minimum Gasteiger partial charge on any atom is -0.442 e. The molecule has 138 valence electrons. The second-order valence-corrected chi connectivity index (χ2v) is 7.57. The molecule has 1 aliphatic rings. The predicted octanol–water partition coefficient (Wildman–Crippen LogP) is 3.04. The summed E-state index contributed by atoms with van der Waals surface area (Å²) in [5.74, 6) is 0. The fraction of sp³-hybridized carbons (Fsp3) is 0.368. The molecule has 1 unspecified atom stereocenters. The van der Waals surface area contributed by atoms with E-state index in [1.54, 1.807) is 33.9 Å². The van der Waals surface area contributed by atoms with Gasteiger partial charge in [0.1, 0.15) is 11.1 Å². The topological polar surface area (TPSA) is 79.4 Å². The van der Waals surface area contributed by atoms with Crippen LogP contribution in [0.1, 0.15) is 40.2 Å². The third kappa shape index (κ3) is 3.12. The van der Waals surface area contributed by atoms with E-state index in [0.29, 0.717) is 5.56 Å². The molecule has 2 heterocycles. The van der Waals surface area contributed by atoms with Gasteiger partial charge in [0.15, 0.2) is 0 Å². The number of carbonyl (C=O) groups excluding carboxylic acids is 1. The van der Waals surface area contributed by atoms with E-state index in [9.17, 15) is 9.59 Å². The molecule has 0 fully saturated rings. The number of hydrogen-bond donors (Lipinski definition) is 2. The monoisotopic (exact) mass is 356 g/mol. The molecule has 1 aliphatic heterocycles. The highest BCUT2D eigenvalue weighted by Crippen LogP contribution is 2.33. The number of nitrogens with zero attached hydrogens (tertiary/aromatic N) is 2. The van der Waals surface area contributed by atoms with E-state index < -0.39 is 17.2 Å². The molecule has 2 N–H and O–H groups in total. The summed E-state index contributed by atoms with van der Waals surface area (Å²) in [5, 5.41) is 4.34. The molecular weight excluding hydrogens is 332 g/mol. The van der Waals surface area contributed by atoms with E-state index in [2.05, 4.69) is 10.5 Å². The lowest BCUT2D eigenvalue weighted by atomic mass is 9.94. The van der Waals surface area contributed by atoms with Crippen LogP contribution in [0.25, 0.3) is 5.69 Å². The van der Waals surface area contributed by atoms with Crippen LogP contribution in [-0.4, -0.2) is 26.5 Å². The average Bonchev–Trinajstić information content (AvgIpc) is 3.07. The number of aromatic nitrogens is 2. The van der Waals surface area contributed by atoms with Gasteiger partial charge in [-0.15, -0.1) is 0 Å². The Morgan fingerprint density at radius 1 is 1.19 bits per heavy atom. The molecule has 0 aliphatic carbocycles. The average molecular weight is 356 g/mol. The maximum Gasteiger partial charge on any atom is 0.430 e. The zero-order valence-electron chi connectivity index (χ0n) is 15.7. The predicted molar refractivity (Wildman–Crippen MR) is 98.7 cm³/mol. The minimum atomic E-state index is -0.972. The van der Waals surface area contributed by atoms with E-state index in [1.165, 1.54) is 9.69 Å². The van der Waals surface area contributed by atoms with Gasteiger partial charge in [0, 0.05) is 11.9 Å². The summed E-state index contributed by atoms with van der Waals surface area (Å²) in [6.45, 7) is 9.05. The van der Waals surface area contributed by atoms with E-state index in [0.717, 1.165) is 11.4 Å². The molecular formula is C19H24N4O3. The van der Waals surface area contributed by atoms with Crippen LogP contribution in [0.4, 0.5) is 4.79 Å². The molecule has 2 aromatic rings. The molecule has 7 heteroatoms. The Hall–Kier alpha value is -2.96. The third-order valence-electron chi connectivity index (χ3n) is 4.16. The van der Waals surface area contributed by atoms with Crippen molar-refractivity contribution in [1.29, 1.82) is 0 Å². The number of hydrogen-bond acceptors (Lipinski definition) is 4. The summed E-state index contributed by atoms with van der Waals surface area (Å²) in [6, 6.07) is 9.28. The van der Waals surface area contributed by atoms with Crippen LogP contribution in [0, 0.1) is 0 Å². The van der Waals surface area contributed by atoms with Gasteiger partial charge in [0.05, 0.1) is 11.3 Å². The van der Waals surface area contributed by atoms with Crippen molar-refractivity contribution in [2.45, 2.75) is 45.8 Å². The molecule has 0 saturated carbocycles. The van der Waals surface area contributed by atoms with Crippen molar-refractivity contribution in [1.82, 2.24) is 20.2 Å². The van der Waals surface area contributed by atoms with Gasteiger partial charge in [0.25, 0.3) is 5.56 Å². The van der Waals surface area contributed by atoms with Crippen LogP contribution in [-0.2, 0) is 10.3 Å². The van der Waals surface area contributed by atoms with Crippen LogP contribution in [0.15, 0.2) is 53.1 Å². The van der Waals surface area contributed by atoms with Crippen molar-refractivity contribution >= 4 is 6.09 Å². The van der Waals surface area contributed by atoms with Crippen molar-refractivity contribution < 1.29 is 9.53 Å². The van der Waals surface area contributed by atoms with Gasteiger partial charge in [-0.1, -0.05) is 18.2 Å². The summed E-state index contributed by atoms with van der Waals surface area (Å²) in [7, 11) is 0. The number of ether oxygens (including phenoxy) is 1. The van der Waals surface area contributed by atoms with Gasteiger partial charge in [-0.25, -0.2) is 14.5 Å². The smallest absolute Gasteiger partial charge is 0.430 e. The van der Waals surface area contributed by atoms with Crippen LogP contribution < -0.4 is 11.0 Å². The van der Waals surface area contributed by atoms with Crippen molar-refractivity contribution in [3.63, 3.8) is 0 Å². The first-order chi connectivity index (χ1) is 12.1. The number of H-pyrrole nitrogens is 1. The van der Waals surface area contributed by atoms with Crippen molar-refractivity contribution in [2.24, 2.45) is 0 Å². The van der Waals surface area contributed by atoms with Gasteiger partial charge in [-0.3, -0.25) is 15.3 Å². The zero-order chi connectivity index (χ0) is 19.1. The standard InChI is InChI=1S/C19H24N4O3/c1-13-11-19(5,23(21-13)17(25)26-18(2,3)4)15-12-20-22(16(15)24)14-9-7-6-8-10-14/h6-12,20-21H,1-5H3. The number of rotatable bonds is 2. The number of hydrazine groups is 1. The largest absolute Gasteiger partial charge is 0.442 e. The number of aromatic amines is 1. The highest BCUT2D eigenvalue weighted by molar-refractivity contribution is 5.70. The van der Waals surface area contributed by atoms with E-state index in [-0.39, 0.29) is 5.56 Å². The van der Waals surface area contributed by atoms with Crippen molar-refractivity contribution in [3.05, 3.63) is 64.2 Å². The summed E-state index contributed by atoms with van der Waals surface area (Å²) in [6.07, 6.45) is 2.93. The van der Waals surface area contributed by atoms with E-state index in [1.807, 2.05) is 43.3 Å². The molecule has 0 spiro atoms. The van der Waals surface area contributed by atoms with Crippen molar-refractivity contribution in [2.75, 3.05) is 0 Å². The fourth-order valence-corrected chi connectivity index (χ4v) is 3.05. The van der Waals surface area contributed by atoms with Gasteiger partial charge in [-0.05, 0) is 52.8 Å². The number of carbonyl (C=O) groups is 1. The second kappa shape index (κ2) is 6.09. The van der Waals surface area contributed by atoms with Crippen LogP contribution >= 0.6 is 0 Å².